The Balaban J connectivity index is 2.53. The van der Waals surface area contributed by atoms with Crippen LogP contribution in [0.5, 0.6) is 17.2 Å². The van der Waals surface area contributed by atoms with E-state index in [-0.39, 0.29) is 6.61 Å². The van der Waals surface area contributed by atoms with Gasteiger partial charge in [0.15, 0.2) is 11.5 Å². The molecule has 0 saturated carbocycles. The van der Waals surface area contributed by atoms with Crippen LogP contribution in [0, 0.1) is 0 Å². The Kier molecular flexibility index (Phi) is 8.06. The Bertz CT molecular complexity index is 443. The van der Waals surface area contributed by atoms with Gasteiger partial charge >= 0.3 is 0 Å². The molecule has 0 aliphatic heterocycles. The summed E-state index contributed by atoms with van der Waals surface area (Å²) in [4.78, 5) is 0. The highest BCUT2D eigenvalue weighted by molar-refractivity contribution is 7.74. The minimum atomic E-state index is -2.44. The molecule has 0 spiro atoms. The zero-order valence-corrected chi connectivity index (χ0v) is 13.2. The SMILES string of the molecule is COc1cc(CNCCCOS(=O)[O-])cc(OC)c1OC. The lowest BCUT2D eigenvalue weighted by Gasteiger charge is -2.14. The molecule has 1 rings (SSSR count). The Morgan fingerprint density at radius 3 is 2.24 bits per heavy atom. The second-order valence-corrected chi connectivity index (χ2v) is 4.73. The molecule has 8 heteroatoms. The molecular weight excluding hydrogens is 298 g/mol. The van der Waals surface area contributed by atoms with Crippen molar-refractivity contribution in [2.75, 3.05) is 34.5 Å². The Morgan fingerprint density at radius 1 is 1.14 bits per heavy atom. The molecule has 1 atom stereocenters. The van der Waals surface area contributed by atoms with Crippen molar-refractivity contribution in [3.05, 3.63) is 17.7 Å². The summed E-state index contributed by atoms with van der Waals surface area (Å²) < 4.78 is 40.5. The summed E-state index contributed by atoms with van der Waals surface area (Å²) in [5.41, 5.74) is 0.970. The van der Waals surface area contributed by atoms with Gasteiger partial charge in [-0.2, -0.15) is 0 Å². The molecule has 0 saturated heterocycles. The number of hydrogen-bond acceptors (Lipinski definition) is 7. The number of rotatable bonds is 10. The van der Waals surface area contributed by atoms with Crippen LogP contribution >= 0.6 is 0 Å². The van der Waals surface area contributed by atoms with Crippen molar-refractivity contribution in [1.82, 2.24) is 5.32 Å². The van der Waals surface area contributed by atoms with Crippen LogP contribution in [0.15, 0.2) is 12.1 Å². The first-order valence-corrected chi connectivity index (χ1v) is 7.34. The second kappa shape index (κ2) is 9.56. The highest BCUT2D eigenvalue weighted by Crippen LogP contribution is 2.38. The van der Waals surface area contributed by atoms with Crippen molar-refractivity contribution < 1.29 is 27.2 Å². The van der Waals surface area contributed by atoms with Crippen LogP contribution in [0.1, 0.15) is 12.0 Å². The van der Waals surface area contributed by atoms with Crippen molar-refractivity contribution in [1.29, 1.82) is 0 Å². The number of methoxy groups -OCH3 is 3. The average Bonchev–Trinajstić information content (AvgIpc) is 2.49. The van der Waals surface area contributed by atoms with E-state index < -0.39 is 11.4 Å². The molecule has 120 valence electrons. The van der Waals surface area contributed by atoms with Gasteiger partial charge in [0, 0.05) is 6.54 Å². The van der Waals surface area contributed by atoms with Gasteiger partial charge in [0.2, 0.25) is 5.75 Å². The van der Waals surface area contributed by atoms with Crippen LogP contribution in [0.2, 0.25) is 0 Å². The van der Waals surface area contributed by atoms with Gasteiger partial charge in [-0.15, -0.1) is 0 Å². The van der Waals surface area contributed by atoms with E-state index in [1.165, 1.54) is 0 Å². The van der Waals surface area contributed by atoms with Crippen LogP contribution in [-0.4, -0.2) is 43.2 Å². The second-order valence-electron chi connectivity index (χ2n) is 4.09. The summed E-state index contributed by atoms with van der Waals surface area (Å²) in [6.07, 6.45) is 0.596. The predicted octanol–water partition coefficient (Wildman–Crippen LogP) is 1.00. The van der Waals surface area contributed by atoms with E-state index in [4.69, 9.17) is 14.2 Å². The minimum Gasteiger partial charge on any atom is -0.750 e. The van der Waals surface area contributed by atoms with Gasteiger partial charge in [0.1, 0.15) is 0 Å². The van der Waals surface area contributed by atoms with Gasteiger partial charge in [0.25, 0.3) is 0 Å². The van der Waals surface area contributed by atoms with Gasteiger partial charge in [-0.05, 0) is 30.7 Å². The monoisotopic (exact) mass is 318 g/mol. The molecule has 21 heavy (non-hydrogen) atoms. The Hall–Kier alpha value is -1.35. The summed E-state index contributed by atoms with van der Waals surface area (Å²) in [5, 5.41) is 3.18. The fourth-order valence-electron chi connectivity index (χ4n) is 1.79. The Labute approximate surface area is 127 Å². The van der Waals surface area contributed by atoms with Crippen molar-refractivity contribution in [3.8, 4) is 17.2 Å². The lowest BCUT2D eigenvalue weighted by Crippen LogP contribution is -2.16. The average molecular weight is 318 g/mol. The van der Waals surface area contributed by atoms with E-state index in [1.807, 2.05) is 12.1 Å². The summed E-state index contributed by atoms with van der Waals surface area (Å²) in [6, 6.07) is 3.72. The molecule has 1 unspecified atom stereocenters. The van der Waals surface area contributed by atoms with Gasteiger partial charge < -0.3 is 28.3 Å². The van der Waals surface area contributed by atoms with E-state index >= 15 is 0 Å². The van der Waals surface area contributed by atoms with Crippen LogP contribution in [0.25, 0.3) is 0 Å². The molecule has 0 aliphatic carbocycles. The van der Waals surface area contributed by atoms with Crippen molar-refractivity contribution in [3.63, 3.8) is 0 Å². The fraction of sp³-hybridized carbons (Fsp3) is 0.538. The van der Waals surface area contributed by atoms with Crippen molar-refractivity contribution in [2.45, 2.75) is 13.0 Å². The minimum absolute atomic E-state index is 0.165. The number of nitrogens with one attached hydrogen (secondary N) is 1. The van der Waals surface area contributed by atoms with Crippen LogP contribution in [0.4, 0.5) is 0 Å². The summed E-state index contributed by atoms with van der Waals surface area (Å²) >= 11 is -2.44. The normalized spacial score (nSPS) is 12.0. The summed E-state index contributed by atoms with van der Waals surface area (Å²) in [6.45, 7) is 1.39. The molecule has 7 nitrogen and oxygen atoms in total. The maximum Gasteiger partial charge on any atom is 0.203 e. The molecule has 0 radical (unpaired) electrons. The standard InChI is InChI=1S/C13H21NO6S/c1-17-11-7-10(8-12(18-2)13(11)19-3)9-14-5-4-6-20-21(15)16/h7-8,14H,4-6,9H2,1-3H3,(H,15,16)/p-1. The largest absolute Gasteiger partial charge is 0.750 e. The first kappa shape index (κ1) is 17.7. The van der Waals surface area contributed by atoms with Gasteiger partial charge in [-0.25, -0.2) is 4.21 Å². The highest BCUT2D eigenvalue weighted by atomic mass is 32.2. The van der Waals surface area contributed by atoms with Crippen molar-refractivity contribution >= 4 is 11.4 Å². The molecule has 0 amide bonds. The lowest BCUT2D eigenvalue weighted by atomic mass is 10.1. The first-order chi connectivity index (χ1) is 10.1. The number of ether oxygens (including phenoxy) is 3. The molecule has 0 aliphatic rings. The van der Waals surface area contributed by atoms with Crippen LogP contribution in [-0.2, 0) is 22.1 Å². The Morgan fingerprint density at radius 2 is 1.76 bits per heavy atom. The summed E-state index contributed by atoms with van der Waals surface area (Å²) in [7, 11) is 4.68. The lowest BCUT2D eigenvalue weighted by molar-refractivity contribution is 0.293. The topological polar surface area (TPSA) is 89.1 Å². The molecule has 1 N–H and O–H groups in total. The zero-order valence-electron chi connectivity index (χ0n) is 12.3. The quantitative estimate of drug-likeness (QED) is 0.508. The fourth-order valence-corrected chi connectivity index (χ4v) is 2.05. The summed E-state index contributed by atoms with van der Waals surface area (Å²) in [5.74, 6) is 1.74. The maximum absolute atomic E-state index is 10.2. The smallest absolute Gasteiger partial charge is 0.203 e. The molecule has 0 aromatic heterocycles. The van der Waals surface area contributed by atoms with Gasteiger partial charge in [-0.1, -0.05) is 0 Å². The first-order valence-electron chi connectivity index (χ1n) is 6.34. The molecule has 0 fully saturated rings. The van der Waals surface area contributed by atoms with Gasteiger partial charge in [-0.3, -0.25) is 0 Å². The van der Waals surface area contributed by atoms with E-state index in [0.29, 0.717) is 36.8 Å². The van der Waals surface area contributed by atoms with E-state index in [9.17, 15) is 8.76 Å². The third kappa shape index (κ3) is 5.88. The third-order valence-corrected chi connectivity index (χ3v) is 3.09. The maximum atomic E-state index is 10.2. The number of benzene rings is 1. The van der Waals surface area contributed by atoms with Crippen LogP contribution < -0.4 is 19.5 Å². The number of hydrogen-bond donors (Lipinski definition) is 1. The molecule has 1 aromatic carbocycles. The van der Waals surface area contributed by atoms with Gasteiger partial charge in [0.05, 0.1) is 39.3 Å². The van der Waals surface area contributed by atoms with Crippen LogP contribution in [0.3, 0.4) is 0 Å². The third-order valence-electron chi connectivity index (χ3n) is 2.73. The van der Waals surface area contributed by atoms with Crippen molar-refractivity contribution in [2.24, 2.45) is 0 Å². The molecule has 1 aromatic rings. The van der Waals surface area contributed by atoms with E-state index in [2.05, 4.69) is 9.50 Å². The zero-order chi connectivity index (χ0) is 15.7. The molecule has 0 bridgehead atoms. The highest BCUT2D eigenvalue weighted by Gasteiger charge is 2.12. The molecular formula is C13H20NO6S-. The predicted molar refractivity (Wildman–Crippen MR) is 77.3 cm³/mol. The van der Waals surface area contributed by atoms with E-state index in [0.717, 1.165) is 5.56 Å². The van der Waals surface area contributed by atoms with E-state index in [1.54, 1.807) is 21.3 Å². The molecule has 0 heterocycles.